The van der Waals surface area contributed by atoms with E-state index in [9.17, 15) is 10.1 Å². The van der Waals surface area contributed by atoms with Gasteiger partial charge in [0.15, 0.2) is 0 Å². The zero-order chi connectivity index (χ0) is 12.8. The van der Waals surface area contributed by atoms with Crippen molar-refractivity contribution in [3.63, 3.8) is 0 Å². The lowest BCUT2D eigenvalue weighted by Crippen LogP contribution is -2.18. The molecule has 1 N–H and O–H groups in total. The van der Waals surface area contributed by atoms with Crippen LogP contribution in [-0.4, -0.2) is 15.9 Å². The molecule has 6 heteroatoms. The molecule has 1 unspecified atom stereocenters. The number of hydrogen-bond acceptors (Lipinski definition) is 4. The summed E-state index contributed by atoms with van der Waals surface area (Å²) >= 11 is 5.70. The van der Waals surface area contributed by atoms with Crippen molar-refractivity contribution in [3.05, 3.63) is 27.4 Å². The number of aromatic nitrogens is 1. The van der Waals surface area contributed by atoms with Gasteiger partial charge < -0.3 is 5.32 Å². The molecular formula is C11H12ClN3O2. The molecular weight excluding hydrogens is 242 g/mol. The second-order valence-electron chi connectivity index (χ2n) is 3.45. The maximum absolute atomic E-state index is 10.6. The third kappa shape index (κ3) is 3.93. The summed E-state index contributed by atoms with van der Waals surface area (Å²) in [7, 11) is 0. The van der Waals surface area contributed by atoms with Crippen molar-refractivity contribution in [2.24, 2.45) is 0 Å². The van der Waals surface area contributed by atoms with Crippen molar-refractivity contribution in [2.75, 3.05) is 5.32 Å². The molecule has 0 amide bonds. The molecule has 0 aliphatic rings. The van der Waals surface area contributed by atoms with Crippen LogP contribution in [0.25, 0.3) is 0 Å². The van der Waals surface area contributed by atoms with Gasteiger partial charge in [-0.15, -0.1) is 12.3 Å². The van der Waals surface area contributed by atoms with Crippen molar-refractivity contribution < 1.29 is 4.92 Å². The number of terminal acetylenes is 1. The predicted octanol–water partition coefficient (Wildman–Crippen LogP) is 2.86. The fraction of sp³-hybridized carbons (Fsp3) is 0.364. The van der Waals surface area contributed by atoms with Gasteiger partial charge >= 0.3 is 0 Å². The standard InChI is InChI=1S/C11H12ClN3O2/c1-3-5-8(4-2)13-11-7-9(15(16)17)6-10(12)14-11/h1,6-8H,4-5H2,2H3,(H,13,14). The third-order valence-corrected chi connectivity index (χ3v) is 2.39. The van der Waals surface area contributed by atoms with Crippen LogP contribution in [0.15, 0.2) is 12.1 Å². The van der Waals surface area contributed by atoms with Crippen LogP contribution in [0.4, 0.5) is 11.5 Å². The van der Waals surface area contributed by atoms with Crippen LogP contribution in [0.2, 0.25) is 5.15 Å². The highest BCUT2D eigenvalue weighted by atomic mass is 35.5. The zero-order valence-electron chi connectivity index (χ0n) is 9.31. The Morgan fingerprint density at radius 3 is 2.94 bits per heavy atom. The molecule has 0 aliphatic carbocycles. The lowest BCUT2D eigenvalue weighted by Gasteiger charge is -2.14. The van der Waals surface area contributed by atoms with Crippen LogP contribution < -0.4 is 5.32 Å². The van der Waals surface area contributed by atoms with Crippen LogP contribution >= 0.6 is 11.6 Å². The minimum absolute atomic E-state index is 0.0329. The van der Waals surface area contributed by atoms with Gasteiger partial charge in [0.05, 0.1) is 17.1 Å². The molecule has 17 heavy (non-hydrogen) atoms. The molecule has 0 aliphatic heterocycles. The lowest BCUT2D eigenvalue weighted by atomic mass is 10.1. The summed E-state index contributed by atoms with van der Waals surface area (Å²) in [6.45, 7) is 1.97. The van der Waals surface area contributed by atoms with Gasteiger partial charge in [-0.3, -0.25) is 10.1 Å². The first-order chi connectivity index (χ1) is 8.06. The topological polar surface area (TPSA) is 68.1 Å². The van der Waals surface area contributed by atoms with Gasteiger partial charge in [-0.05, 0) is 6.42 Å². The molecule has 1 heterocycles. The molecule has 1 atom stereocenters. The van der Waals surface area contributed by atoms with E-state index < -0.39 is 4.92 Å². The molecule has 0 fully saturated rings. The molecule has 1 aromatic rings. The number of anilines is 1. The van der Waals surface area contributed by atoms with E-state index in [2.05, 4.69) is 16.2 Å². The van der Waals surface area contributed by atoms with E-state index in [0.29, 0.717) is 12.2 Å². The Labute approximate surface area is 104 Å². The maximum atomic E-state index is 10.6. The summed E-state index contributed by atoms with van der Waals surface area (Å²) < 4.78 is 0. The SMILES string of the molecule is C#CCC(CC)Nc1cc([N+](=O)[O-])cc(Cl)n1. The number of pyridine rings is 1. The molecule has 1 aromatic heterocycles. The van der Waals surface area contributed by atoms with Gasteiger partial charge in [0.2, 0.25) is 0 Å². The van der Waals surface area contributed by atoms with Gasteiger partial charge in [-0.25, -0.2) is 4.98 Å². The Kier molecular flexibility index (Phi) is 4.73. The van der Waals surface area contributed by atoms with Crippen LogP contribution in [0, 0.1) is 22.5 Å². The molecule has 5 nitrogen and oxygen atoms in total. The molecule has 1 rings (SSSR count). The van der Waals surface area contributed by atoms with Gasteiger partial charge in [0.1, 0.15) is 11.0 Å². The summed E-state index contributed by atoms with van der Waals surface area (Å²) in [6, 6.07) is 2.57. The Morgan fingerprint density at radius 1 is 1.71 bits per heavy atom. The van der Waals surface area contributed by atoms with Gasteiger partial charge in [0, 0.05) is 12.5 Å². The minimum Gasteiger partial charge on any atom is -0.366 e. The predicted molar refractivity (Wildman–Crippen MR) is 67.1 cm³/mol. The summed E-state index contributed by atoms with van der Waals surface area (Å²) in [5, 5.41) is 13.7. The number of halogens is 1. The smallest absolute Gasteiger partial charge is 0.276 e. The summed E-state index contributed by atoms with van der Waals surface area (Å²) in [6.07, 6.45) is 6.55. The van der Waals surface area contributed by atoms with E-state index in [1.807, 2.05) is 6.92 Å². The average Bonchev–Trinajstić information content (AvgIpc) is 2.27. The van der Waals surface area contributed by atoms with E-state index in [1.54, 1.807) is 0 Å². The number of hydrogen-bond donors (Lipinski definition) is 1. The highest BCUT2D eigenvalue weighted by Gasteiger charge is 2.12. The van der Waals surface area contributed by atoms with Crippen molar-refractivity contribution in [1.82, 2.24) is 4.98 Å². The van der Waals surface area contributed by atoms with Crippen molar-refractivity contribution in [2.45, 2.75) is 25.8 Å². The normalized spacial score (nSPS) is 11.6. The second kappa shape index (κ2) is 6.06. The Balaban J connectivity index is 2.91. The third-order valence-electron chi connectivity index (χ3n) is 2.20. The van der Waals surface area contributed by atoms with Gasteiger partial charge in [0.25, 0.3) is 5.69 Å². The number of nitrogens with zero attached hydrogens (tertiary/aromatic N) is 2. The first kappa shape index (κ1) is 13.3. The summed E-state index contributed by atoms with van der Waals surface area (Å²) in [4.78, 5) is 14.1. The molecule has 0 radical (unpaired) electrons. The minimum atomic E-state index is -0.513. The van der Waals surface area contributed by atoms with Gasteiger partial charge in [-0.2, -0.15) is 0 Å². The van der Waals surface area contributed by atoms with Gasteiger partial charge in [-0.1, -0.05) is 18.5 Å². The maximum Gasteiger partial charge on any atom is 0.276 e. The number of nitrogens with one attached hydrogen (secondary N) is 1. The number of nitro groups is 1. The van der Waals surface area contributed by atoms with Crippen molar-refractivity contribution >= 4 is 23.1 Å². The van der Waals surface area contributed by atoms with E-state index in [4.69, 9.17) is 18.0 Å². The number of rotatable bonds is 5. The fourth-order valence-corrected chi connectivity index (χ4v) is 1.51. The van der Waals surface area contributed by atoms with E-state index >= 15 is 0 Å². The molecule has 0 bridgehead atoms. The monoisotopic (exact) mass is 253 g/mol. The Bertz CT molecular complexity index is 457. The van der Waals surface area contributed by atoms with Crippen LogP contribution in [0.3, 0.4) is 0 Å². The molecule has 0 saturated heterocycles. The second-order valence-corrected chi connectivity index (χ2v) is 3.84. The fourth-order valence-electron chi connectivity index (χ4n) is 1.31. The highest BCUT2D eigenvalue weighted by molar-refractivity contribution is 6.29. The lowest BCUT2D eigenvalue weighted by molar-refractivity contribution is -0.384. The van der Waals surface area contributed by atoms with Crippen molar-refractivity contribution in [1.29, 1.82) is 0 Å². The highest BCUT2D eigenvalue weighted by Crippen LogP contribution is 2.21. The Morgan fingerprint density at radius 2 is 2.41 bits per heavy atom. The molecule has 0 aromatic carbocycles. The van der Waals surface area contributed by atoms with E-state index in [0.717, 1.165) is 6.42 Å². The largest absolute Gasteiger partial charge is 0.366 e. The summed E-state index contributed by atoms with van der Waals surface area (Å²) in [5.41, 5.74) is -0.0944. The first-order valence-corrected chi connectivity index (χ1v) is 5.46. The molecule has 90 valence electrons. The zero-order valence-corrected chi connectivity index (χ0v) is 10.1. The molecule has 0 saturated carbocycles. The Hall–Kier alpha value is -1.80. The average molecular weight is 254 g/mol. The quantitative estimate of drug-likeness (QED) is 0.379. The van der Waals surface area contributed by atoms with E-state index in [-0.39, 0.29) is 16.9 Å². The van der Waals surface area contributed by atoms with Crippen LogP contribution in [0.5, 0.6) is 0 Å². The van der Waals surface area contributed by atoms with E-state index in [1.165, 1.54) is 12.1 Å². The molecule has 0 spiro atoms. The van der Waals surface area contributed by atoms with Crippen molar-refractivity contribution in [3.8, 4) is 12.3 Å². The first-order valence-electron chi connectivity index (χ1n) is 5.08. The van der Waals surface area contributed by atoms with Crippen LogP contribution in [0.1, 0.15) is 19.8 Å². The van der Waals surface area contributed by atoms with Crippen LogP contribution in [-0.2, 0) is 0 Å². The summed E-state index contributed by atoms with van der Waals surface area (Å²) in [5.74, 6) is 2.90.